The molecule has 0 aromatic heterocycles. The molecule has 0 aromatic rings. The predicted octanol–water partition coefficient (Wildman–Crippen LogP) is 7.52. The minimum absolute atomic E-state index is 0.323. The van der Waals surface area contributed by atoms with E-state index < -0.39 is 11.9 Å². The molecule has 0 rings (SSSR count). The fourth-order valence-corrected chi connectivity index (χ4v) is 3.63. The van der Waals surface area contributed by atoms with Crippen molar-refractivity contribution >= 4 is 11.9 Å². The van der Waals surface area contributed by atoms with Crippen molar-refractivity contribution in [3.63, 3.8) is 0 Å². The molecule has 0 atom stereocenters. The van der Waals surface area contributed by atoms with Gasteiger partial charge in [0, 0.05) is 12.0 Å². The molecule has 0 aliphatic carbocycles. The molecule has 2 N–H and O–H groups in total. The highest BCUT2D eigenvalue weighted by atomic mass is 16.5. The highest BCUT2D eigenvalue weighted by Gasteiger charge is 2.16. The maximum Gasteiger partial charge on any atom is 0.338 e. The van der Waals surface area contributed by atoms with Crippen LogP contribution < -0.4 is 5.73 Å². The van der Waals surface area contributed by atoms with E-state index in [1.807, 2.05) is 6.92 Å². The summed E-state index contributed by atoms with van der Waals surface area (Å²) >= 11 is 0. The lowest BCUT2D eigenvalue weighted by Crippen LogP contribution is -2.18. The Morgan fingerprint density at radius 1 is 0.733 bits per heavy atom. The van der Waals surface area contributed by atoms with Crippen LogP contribution in [-0.2, 0) is 14.3 Å². The van der Waals surface area contributed by atoms with Crippen LogP contribution in [0.3, 0.4) is 0 Å². The Kier molecular flexibility index (Phi) is 18.4. The maximum atomic E-state index is 11.8. The monoisotopic (exact) mass is 421 g/mol. The molecular formula is C26H47NO3. The fraction of sp³-hybridized carbons (Fsp3) is 0.769. The molecule has 0 heterocycles. The lowest BCUT2D eigenvalue weighted by molar-refractivity contribution is -0.135. The van der Waals surface area contributed by atoms with Gasteiger partial charge in [-0.05, 0) is 19.8 Å². The molecule has 0 spiro atoms. The molecule has 0 aliphatic heterocycles. The number of hydrogen-bond donors (Lipinski definition) is 1. The number of allylic oxidation sites excluding steroid dienone is 1. The Bertz CT molecular complexity index is 522. The number of primary amides is 1. The van der Waals surface area contributed by atoms with Crippen molar-refractivity contribution in [3.8, 4) is 0 Å². The Labute approximate surface area is 185 Å². The third-order valence-corrected chi connectivity index (χ3v) is 5.56. The van der Waals surface area contributed by atoms with Crippen molar-refractivity contribution < 1.29 is 14.3 Å². The minimum Gasteiger partial charge on any atom is -0.427 e. The van der Waals surface area contributed by atoms with Crippen molar-refractivity contribution in [1.82, 2.24) is 0 Å². The highest BCUT2D eigenvalue weighted by Crippen LogP contribution is 2.20. The van der Waals surface area contributed by atoms with Gasteiger partial charge in [-0.3, -0.25) is 4.79 Å². The van der Waals surface area contributed by atoms with Gasteiger partial charge in [0.05, 0.1) is 5.57 Å². The van der Waals surface area contributed by atoms with E-state index in [9.17, 15) is 9.59 Å². The van der Waals surface area contributed by atoms with Crippen molar-refractivity contribution in [2.45, 2.75) is 130 Å². The summed E-state index contributed by atoms with van der Waals surface area (Å²) in [7, 11) is 0. The number of carbonyl (C=O) groups is 2. The van der Waals surface area contributed by atoms with Crippen LogP contribution in [0.25, 0.3) is 0 Å². The molecule has 0 bridgehead atoms. The molecule has 0 radical (unpaired) electrons. The SMILES string of the molecule is C=C(C)C(=O)O/C(CCCCCCCCCCCCCCCCC)=C(/CC)C(N)=O. The number of nitrogens with two attached hydrogens (primary N) is 1. The number of rotatable bonds is 20. The predicted molar refractivity (Wildman–Crippen MR) is 127 cm³/mol. The van der Waals surface area contributed by atoms with Gasteiger partial charge in [0.25, 0.3) is 0 Å². The van der Waals surface area contributed by atoms with Gasteiger partial charge in [0.15, 0.2) is 0 Å². The molecule has 30 heavy (non-hydrogen) atoms. The van der Waals surface area contributed by atoms with Crippen LogP contribution >= 0.6 is 0 Å². The Morgan fingerprint density at radius 2 is 1.13 bits per heavy atom. The number of carbonyl (C=O) groups excluding carboxylic acids is 2. The van der Waals surface area contributed by atoms with Crippen molar-refractivity contribution in [2.75, 3.05) is 0 Å². The quantitative estimate of drug-likeness (QED) is 0.0956. The molecule has 1 amide bonds. The van der Waals surface area contributed by atoms with Gasteiger partial charge in [-0.2, -0.15) is 0 Å². The van der Waals surface area contributed by atoms with Gasteiger partial charge in [-0.25, -0.2) is 4.79 Å². The summed E-state index contributed by atoms with van der Waals surface area (Å²) < 4.78 is 5.39. The second-order valence-electron chi connectivity index (χ2n) is 8.49. The zero-order valence-corrected chi connectivity index (χ0v) is 20.0. The third-order valence-electron chi connectivity index (χ3n) is 5.56. The summed E-state index contributed by atoms with van der Waals surface area (Å²) in [6.45, 7) is 9.32. The normalized spacial score (nSPS) is 11.8. The van der Waals surface area contributed by atoms with Gasteiger partial charge < -0.3 is 10.5 Å². The molecule has 0 aliphatic rings. The smallest absolute Gasteiger partial charge is 0.338 e. The minimum atomic E-state index is -0.511. The first-order valence-corrected chi connectivity index (χ1v) is 12.3. The Morgan fingerprint density at radius 3 is 1.47 bits per heavy atom. The van der Waals surface area contributed by atoms with Crippen LogP contribution in [0.2, 0.25) is 0 Å². The molecule has 4 heteroatoms. The zero-order valence-electron chi connectivity index (χ0n) is 20.0. The second-order valence-corrected chi connectivity index (χ2v) is 8.49. The van der Waals surface area contributed by atoms with Gasteiger partial charge in [-0.15, -0.1) is 0 Å². The first-order chi connectivity index (χ1) is 14.4. The maximum absolute atomic E-state index is 11.8. The molecule has 0 saturated carbocycles. The van der Waals surface area contributed by atoms with E-state index in [0.29, 0.717) is 29.7 Å². The summed E-state index contributed by atoms with van der Waals surface area (Å²) in [5.41, 5.74) is 6.18. The first-order valence-electron chi connectivity index (χ1n) is 12.3. The average Bonchev–Trinajstić information content (AvgIpc) is 2.70. The van der Waals surface area contributed by atoms with Crippen molar-refractivity contribution in [2.24, 2.45) is 5.73 Å². The largest absolute Gasteiger partial charge is 0.427 e. The lowest BCUT2D eigenvalue weighted by Gasteiger charge is -2.13. The fourth-order valence-electron chi connectivity index (χ4n) is 3.63. The summed E-state index contributed by atoms with van der Waals surface area (Å²) in [5.74, 6) is -0.575. The Hall–Kier alpha value is -1.58. The number of hydrogen-bond acceptors (Lipinski definition) is 3. The summed E-state index contributed by atoms with van der Waals surface area (Å²) in [5, 5.41) is 0. The van der Waals surface area contributed by atoms with Crippen LogP contribution in [0.5, 0.6) is 0 Å². The first kappa shape index (κ1) is 28.4. The van der Waals surface area contributed by atoms with Gasteiger partial charge in [0.1, 0.15) is 5.76 Å². The van der Waals surface area contributed by atoms with E-state index in [1.54, 1.807) is 6.92 Å². The van der Waals surface area contributed by atoms with Crippen molar-refractivity contribution in [3.05, 3.63) is 23.5 Å². The average molecular weight is 422 g/mol. The van der Waals surface area contributed by atoms with Crippen LogP contribution in [-0.4, -0.2) is 11.9 Å². The molecule has 0 unspecified atom stereocenters. The van der Waals surface area contributed by atoms with Gasteiger partial charge in [-0.1, -0.05) is 110 Å². The van der Waals surface area contributed by atoms with Gasteiger partial charge in [0.2, 0.25) is 5.91 Å². The number of amides is 1. The van der Waals surface area contributed by atoms with E-state index in [4.69, 9.17) is 10.5 Å². The molecular weight excluding hydrogens is 374 g/mol. The van der Waals surface area contributed by atoms with Crippen LogP contribution in [0.15, 0.2) is 23.5 Å². The van der Waals surface area contributed by atoms with E-state index in [0.717, 1.165) is 12.8 Å². The molecule has 0 fully saturated rings. The third kappa shape index (κ3) is 15.3. The van der Waals surface area contributed by atoms with Gasteiger partial charge >= 0.3 is 5.97 Å². The Balaban J connectivity index is 3.86. The van der Waals surface area contributed by atoms with E-state index in [1.165, 1.54) is 83.5 Å². The second kappa shape index (κ2) is 19.4. The van der Waals surface area contributed by atoms with Crippen molar-refractivity contribution in [1.29, 1.82) is 0 Å². The molecule has 0 saturated heterocycles. The summed E-state index contributed by atoms with van der Waals surface area (Å²) in [4.78, 5) is 23.5. The number of esters is 1. The van der Waals surface area contributed by atoms with E-state index in [-0.39, 0.29) is 0 Å². The van der Waals surface area contributed by atoms with E-state index >= 15 is 0 Å². The topological polar surface area (TPSA) is 69.4 Å². The van der Waals surface area contributed by atoms with E-state index in [2.05, 4.69) is 13.5 Å². The standard InChI is InChI=1S/C26H47NO3/c1-5-7-8-9-10-11-12-13-14-15-16-17-18-19-20-21-24(23(6-2)25(27)28)30-26(29)22(3)4/h3,5-21H2,1-2,4H3,(H2,27,28)/b24-23-. The van der Waals surface area contributed by atoms with Crippen LogP contribution in [0.4, 0.5) is 0 Å². The summed E-state index contributed by atoms with van der Waals surface area (Å²) in [6.07, 6.45) is 20.5. The van der Waals surface area contributed by atoms with Crippen LogP contribution in [0, 0.1) is 0 Å². The zero-order chi connectivity index (χ0) is 22.6. The van der Waals surface area contributed by atoms with Crippen LogP contribution in [0.1, 0.15) is 130 Å². The molecule has 174 valence electrons. The molecule has 0 aromatic carbocycles. The number of unbranched alkanes of at least 4 members (excludes halogenated alkanes) is 14. The number of ether oxygens (including phenoxy) is 1. The highest BCUT2D eigenvalue weighted by molar-refractivity contribution is 5.93. The molecule has 4 nitrogen and oxygen atoms in total. The lowest BCUT2D eigenvalue weighted by atomic mass is 10.0. The summed E-state index contributed by atoms with van der Waals surface area (Å²) in [6, 6.07) is 0.